The van der Waals surface area contributed by atoms with Gasteiger partial charge in [-0.25, -0.2) is 17.6 Å². The molecule has 5 nitrogen and oxygen atoms in total. The van der Waals surface area contributed by atoms with Crippen molar-refractivity contribution in [3.63, 3.8) is 0 Å². The Morgan fingerprint density at radius 2 is 1.85 bits per heavy atom. The van der Waals surface area contributed by atoms with Crippen LogP contribution < -0.4 is 0 Å². The fourth-order valence-corrected chi connectivity index (χ4v) is 6.28. The number of fused-ring (bicyclic) bond motifs is 3. The number of rotatable bonds is 10. The second-order valence-electron chi connectivity index (χ2n) is 10.8. The van der Waals surface area contributed by atoms with E-state index in [1.165, 1.54) is 24.1 Å². The molecule has 212 valence electrons. The lowest BCUT2D eigenvalue weighted by Gasteiger charge is -2.43. The summed E-state index contributed by atoms with van der Waals surface area (Å²) in [5.74, 6) is -5.15. The number of alkyl halides is 3. The summed E-state index contributed by atoms with van der Waals surface area (Å²) < 4.78 is 79.1. The molecule has 3 heterocycles. The third kappa shape index (κ3) is 5.31. The molecule has 0 unspecified atom stereocenters. The monoisotopic (exact) mass is 551 g/mol. The van der Waals surface area contributed by atoms with Crippen LogP contribution in [0.2, 0.25) is 0 Å². The second-order valence-corrected chi connectivity index (χ2v) is 10.8. The largest absolute Gasteiger partial charge is 0.390 e. The highest BCUT2D eigenvalue weighted by molar-refractivity contribution is 5.85. The summed E-state index contributed by atoms with van der Waals surface area (Å²) in [5.41, 5.74) is 2.08. The van der Waals surface area contributed by atoms with Crippen LogP contribution in [0.4, 0.5) is 22.0 Å². The molecule has 0 bridgehead atoms. The third-order valence-corrected chi connectivity index (χ3v) is 8.14. The van der Waals surface area contributed by atoms with Gasteiger partial charge in [-0.05, 0) is 49.1 Å². The average molecular weight is 552 g/mol. The maximum Gasteiger partial charge on any atom is 0.283 e. The average Bonchev–Trinajstić information content (AvgIpc) is 3.24. The Kier molecular flexibility index (Phi) is 8.01. The van der Waals surface area contributed by atoms with Crippen molar-refractivity contribution in [1.29, 1.82) is 0 Å². The molecule has 1 fully saturated rings. The van der Waals surface area contributed by atoms with Gasteiger partial charge in [-0.1, -0.05) is 18.2 Å². The molecule has 2 aromatic carbocycles. The standard InChI is InChI=1S/C29H34F5N3O2/c1-17-10-21-20-6-3-4-7-24(20)35-26(21)27(37(17)15-29(33,34)16-38)25-22(31)11-18(12-23(25)32)28(39-2)19-13-36(14-19)9-5-8-30/h3-4,6-7,11-12,17,19,27-28,35,38H,5,8-10,13-16H2,1-2H3/t17-,27-,28-/m1/s1. The van der Waals surface area contributed by atoms with Gasteiger partial charge in [-0.2, -0.15) is 0 Å². The van der Waals surface area contributed by atoms with Gasteiger partial charge in [-0.15, -0.1) is 0 Å². The number of aromatic amines is 1. The van der Waals surface area contributed by atoms with Crippen LogP contribution in [0, 0.1) is 17.6 Å². The van der Waals surface area contributed by atoms with E-state index >= 15 is 8.78 Å². The van der Waals surface area contributed by atoms with E-state index in [2.05, 4.69) is 9.88 Å². The van der Waals surface area contributed by atoms with E-state index in [1.807, 2.05) is 24.3 Å². The molecule has 0 radical (unpaired) electrons. The number of nitrogens with zero attached hydrogens (tertiary/aromatic N) is 2. The van der Waals surface area contributed by atoms with E-state index in [0.717, 1.165) is 16.5 Å². The molecule has 0 aliphatic carbocycles. The molecule has 2 aliphatic heterocycles. The summed E-state index contributed by atoms with van der Waals surface area (Å²) in [7, 11) is 1.48. The Bertz CT molecular complexity index is 1290. The minimum atomic E-state index is -3.46. The zero-order valence-corrected chi connectivity index (χ0v) is 22.1. The highest BCUT2D eigenvalue weighted by Crippen LogP contribution is 2.44. The number of aliphatic hydroxyl groups excluding tert-OH is 1. The van der Waals surface area contributed by atoms with E-state index in [-0.39, 0.29) is 11.5 Å². The predicted octanol–water partition coefficient (Wildman–Crippen LogP) is 5.39. The van der Waals surface area contributed by atoms with Gasteiger partial charge in [0.15, 0.2) is 0 Å². The summed E-state index contributed by atoms with van der Waals surface area (Å²) >= 11 is 0. The summed E-state index contributed by atoms with van der Waals surface area (Å²) in [4.78, 5) is 6.68. The first-order valence-electron chi connectivity index (χ1n) is 13.3. The third-order valence-electron chi connectivity index (χ3n) is 8.14. The SMILES string of the molecule is CO[C@H](c1cc(F)c([C@@H]2c3[nH]c4ccccc4c3C[C@@H](C)N2CC(F)(F)CO)c(F)c1)C1CN(CCCF)C1. The van der Waals surface area contributed by atoms with Crippen LogP contribution in [0.5, 0.6) is 0 Å². The van der Waals surface area contributed by atoms with Crippen molar-refractivity contribution in [2.24, 2.45) is 5.92 Å². The first-order valence-corrected chi connectivity index (χ1v) is 13.3. The molecule has 1 aromatic heterocycles. The van der Waals surface area contributed by atoms with Gasteiger partial charge in [0.1, 0.15) is 18.2 Å². The van der Waals surface area contributed by atoms with Gasteiger partial charge in [0, 0.05) is 60.9 Å². The van der Waals surface area contributed by atoms with Crippen molar-refractivity contribution >= 4 is 10.9 Å². The molecular weight excluding hydrogens is 517 g/mol. The number of likely N-dealkylation sites (tertiary alicyclic amines) is 1. The van der Waals surface area contributed by atoms with E-state index in [9.17, 15) is 18.3 Å². The zero-order valence-electron chi connectivity index (χ0n) is 22.1. The topological polar surface area (TPSA) is 51.7 Å². The maximum absolute atomic E-state index is 16.0. The summed E-state index contributed by atoms with van der Waals surface area (Å²) in [6.07, 6.45) is 0.280. The number of para-hydroxylation sites is 1. The van der Waals surface area contributed by atoms with Crippen molar-refractivity contribution in [3.05, 3.63) is 70.4 Å². The quantitative estimate of drug-likeness (QED) is 0.332. The van der Waals surface area contributed by atoms with Crippen LogP contribution in [0.25, 0.3) is 10.9 Å². The number of nitrogens with one attached hydrogen (secondary N) is 1. The molecule has 3 atom stereocenters. The number of hydrogen-bond donors (Lipinski definition) is 2. The molecule has 3 aromatic rings. The van der Waals surface area contributed by atoms with Gasteiger partial charge in [0.2, 0.25) is 0 Å². The number of halogens is 5. The van der Waals surface area contributed by atoms with E-state index < -0.39 is 55.6 Å². The van der Waals surface area contributed by atoms with Gasteiger partial charge in [-0.3, -0.25) is 9.29 Å². The van der Waals surface area contributed by atoms with Crippen molar-refractivity contribution in [3.8, 4) is 0 Å². The Balaban J connectivity index is 1.54. The Morgan fingerprint density at radius 1 is 1.15 bits per heavy atom. The van der Waals surface area contributed by atoms with Crippen molar-refractivity contribution in [2.45, 2.75) is 43.9 Å². The minimum Gasteiger partial charge on any atom is -0.390 e. The maximum atomic E-state index is 16.0. The normalized spacial score (nSPS) is 21.7. The molecule has 5 rings (SSSR count). The Labute approximate surface area is 224 Å². The number of H-pyrrole nitrogens is 1. The first kappa shape index (κ1) is 28.0. The van der Waals surface area contributed by atoms with E-state index in [0.29, 0.717) is 43.7 Å². The predicted molar refractivity (Wildman–Crippen MR) is 139 cm³/mol. The van der Waals surface area contributed by atoms with Crippen LogP contribution >= 0.6 is 0 Å². The molecular formula is C29H34F5N3O2. The van der Waals surface area contributed by atoms with Gasteiger partial charge in [0.05, 0.1) is 25.4 Å². The number of benzene rings is 2. The smallest absolute Gasteiger partial charge is 0.283 e. The second kappa shape index (κ2) is 11.2. The molecule has 2 aliphatic rings. The van der Waals surface area contributed by atoms with Gasteiger partial charge >= 0.3 is 0 Å². The molecule has 0 amide bonds. The van der Waals surface area contributed by atoms with Gasteiger partial charge < -0.3 is 19.7 Å². The number of ether oxygens (including phenoxy) is 1. The minimum absolute atomic E-state index is 0.00554. The molecule has 39 heavy (non-hydrogen) atoms. The lowest BCUT2D eigenvalue weighted by atomic mass is 9.85. The van der Waals surface area contributed by atoms with Crippen LogP contribution in [-0.2, 0) is 11.2 Å². The van der Waals surface area contributed by atoms with E-state index in [1.54, 1.807) is 6.92 Å². The van der Waals surface area contributed by atoms with Crippen LogP contribution in [0.15, 0.2) is 36.4 Å². The summed E-state index contributed by atoms with van der Waals surface area (Å²) in [6, 6.07) is 8.29. The number of aliphatic hydroxyl groups is 1. The molecule has 1 saturated heterocycles. The highest BCUT2D eigenvalue weighted by atomic mass is 19.3. The molecule has 0 spiro atoms. The lowest BCUT2D eigenvalue weighted by molar-refractivity contribution is -0.0869. The number of hydrogen-bond acceptors (Lipinski definition) is 4. The summed E-state index contributed by atoms with van der Waals surface area (Å²) in [5, 5.41) is 10.2. The number of aromatic nitrogens is 1. The van der Waals surface area contributed by atoms with Crippen LogP contribution in [0.3, 0.4) is 0 Å². The van der Waals surface area contributed by atoms with Crippen molar-refractivity contribution in [2.75, 3.05) is 46.6 Å². The van der Waals surface area contributed by atoms with Crippen molar-refractivity contribution in [1.82, 2.24) is 14.8 Å². The van der Waals surface area contributed by atoms with E-state index in [4.69, 9.17) is 4.74 Å². The lowest BCUT2D eigenvalue weighted by Crippen LogP contribution is -2.50. The fraction of sp³-hybridized carbons (Fsp3) is 0.517. The van der Waals surface area contributed by atoms with Crippen molar-refractivity contribution < 1.29 is 31.8 Å². The Hall–Kier alpha value is -2.53. The Morgan fingerprint density at radius 3 is 2.49 bits per heavy atom. The van der Waals surface area contributed by atoms with Crippen LogP contribution in [0.1, 0.15) is 47.9 Å². The molecule has 10 heteroatoms. The zero-order chi connectivity index (χ0) is 27.9. The summed E-state index contributed by atoms with van der Waals surface area (Å²) in [6.45, 7) is 1.01. The number of methoxy groups -OCH3 is 1. The van der Waals surface area contributed by atoms with Crippen LogP contribution in [-0.4, -0.2) is 78.4 Å². The molecule has 0 saturated carbocycles. The highest BCUT2D eigenvalue weighted by Gasteiger charge is 2.44. The van der Waals surface area contributed by atoms with Gasteiger partial charge in [0.25, 0.3) is 5.92 Å². The molecule has 2 N–H and O–H groups in total. The first-order chi connectivity index (χ1) is 18.7. The fourth-order valence-electron chi connectivity index (χ4n) is 6.28.